The van der Waals surface area contributed by atoms with Gasteiger partial charge in [-0.25, -0.2) is 0 Å². The van der Waals surface area contributed by atoms with Gasteiger partial charge in [0, 0.05) is 11.4 Å². The Labute approximate surface area is 123 Å². The molecule has 0 amide bonds. The van der Waals surface area contributed by atoms with Gasteiger partial charge in [0.2, 0.25) is 0 Å². The summed E-state index contributed by atoms with van der Waals surface area (Å²) in [5, 5.41) is 32.7. The van der Waals surface area contributed by atoms with Gasteiger partial charge < -0.3 is 9.90 Å². The van der Waals surface area contributed by atoms with Crippen LogP contribution in [0.15, 0.2) is 6.07 Å². The standard InChI is InChI=1S/C12H14N2O6S/c15-10(16)7-12(4-2-1-3-5-12)11-8(13(17)18)6-9(21-11)14(19)20/h6H,1-5,7H2,(H,15,16)/p-1. The first-order chi connectivity index (χ1) is 9.85. The first-order valence-corrected chi connectivity index (χ1v) is 7.30. The van der Waals surface area contributed by atoms with Gasteiger partial charge in [-0.3, -0.25) is 20.2 Å². The Balaban J connectivity index is 2.55. The van der Waals surface area contributed by atoms with Crippen LogP contribution in [0.25, 0.3) is 0 Å². The van der Waals surface area contributed by atoms with Gasteiger partial charge in [-0.2, -0.15) is 0 Å². The molecule has 8 nitrogen and oxygen atoms in total. The number of carbonyl (C=O) groups excluding carboxylic acids is 1. The molecule has 1 fully saturated rings. The summed E-state index contributed by atoms with van der Waals surface area (Å²) >= 11 is 0.711. The van der Waals surface area contributed by atoms with E-state index in [1.165, 1.54) is 0 Å². The number of hydrogen-bond acceptors (Lipinski definition) is 7. The van der Waals surface area contributed by atoms with E-state index in [0.29, 0.717) is 24.2 Å². The average molecular weight is 313 g/mol. The Morgan fingerprint density at radius 3 is 2.29 bits per heavy atom. The summed E-state index contributed by atoms with van der Waals surface area (Å²) in [6.45, 7) is 0. The second-order valence-corrected chi connectivity index (χ2v) is 6.23. The molecule has 0 unspecified atom stereocenters. The van der Waals surface area contributed by atoms with Gasteiger partial charge in [0.05, 0.1) is 14.7 Å². The Hall–Kier alpha value is -2.03. The van der Waals surface area contributed by atoms with Crippen molar-refractivity contribution in [1.82, 2.24) is 0 Å². The largest absolute Gasteiger partial charge is 0.550 e. The summed E-state index contributed by atoms with van der Waals surface area (Å²) in [6.07, 6.45) is 3.02. The Bertz CT molecular complexity index is 591. The Kier molecular flexibility index (Phi) is 4.21. The number of nitrogens with zero attached hydrogens (tertiary/aromatic N) is 2. The molecule has 9 heteroatoms. The second-order valence-electron chi connectivity index (χ2n) is 5.20. The minimum Gasteiger partial charge on any atom is -0.550 e. The lowest BCUT2D eigenvalue weighted by molar-refractivity contribution is -0.390. The van der Waals surface area contributed by atoms with Crippen LogP contribution in [0, 0.1) is 20.2 Å². The number of hydrogen-bond donors (Lipinski definition) is 0. The molecule has 1 saturated carbocycles. The van der Waals surface area contributed by atoms with E-state index in [1.807, 2.05) is 0 Å². The molecule has 21 heavy (non-hydrogen) atoms. The maximum absolute atomic E-state index is 11.2. The van der Waals surface area contributed by atoms with Crippen molar-refractivity contribution in [3.05, 3.63) is 31.2 Å². The average Bonchev–Trinajstić information content (AvgIpc) is 2.85. The highest BCUT2D eigenvalue weighted by Gasteiger charge is 2.42. The highest BCUT2D eigenvalue weighted by atomic mass is 32.1. The molecule has 1 heterocycles. The molecule has 0 aliphatic heterocycles. The maximum Gasteiger partial charge on any atom is 0.331 e. The molecule has 0 bridgehead atoms. The van der Waals surface area contributed by atoms with E-state index in [0.717, 1.165) is 25.3 Å². The van der Waals surface area contributed by atoms with Gasteiger partial charge in [0.25, 0.3) is 5.69 Å². The van der Waals surface area contributed by atoms with Crippen LogP contribution in [0.1, 0.15) is 43.4 Å². The van der Waals surface area contributed by atoms with Crippen LogP contribution in [0.3, 0.4) is 0 Å². The number of carboxylic acids is 1. The quantitative estimate of drug-likeness (QED) is 0.603. The molecule has 0 radical (unpaired) electrons. The fourth-order valence-corrected chi connectivity index (χ4v) is 4.15. The lowest BCUT2D eigenvalue weighted by Crippen LogP contribution is -2.37. The second kappa shape index (κ2) is 5.76. The smallest absolute Gasteiger partial charge is 0.331 e. The van der Waals surface area contributed by atoms with Gasteiger partial charge in [-0.15, -0.1) is 0 Å². The van der Waals surface area contributed by atoms with Crippen molar-refractivity contribution in [2.45, 2.75) is 43.9 Å². The van der Waals surface area contributed by atoms with Crippen LogP contribution < -0.4 is 5.11 Å². The summed E-state index contributed by atoms with van der Waals surface area (Å²) in [7, 11) is 0. The zero-order valence-corrected chi connectivity index (χ0v) is 11.9. The third kappa shape index (κ3) is 3.02. The number of carbonyl (C=O) groups is 1. The van der Waals surface area contributed by atoms with E-state index in [4.69, 9.17) is 0 Å². The van der Waals surface area contributed by atoms with Crippen molar-refractivity contribution >= 4 is 28.0 Å². The van der Waals surface area contributed by atoms with Gasteiger partial charge in [0.15, 0.2) is 0 Å². The lowest BCUT2D eigenvalue weighted by atomic mass is 9.70. The molecule has 0 atom stereocenters. The molecule has 0 N–H and O–H groups in total. The summed E-state index contributed by atoms with van der Waals surface area (Å²) in [5.41, 5.74) is -1.27. The third-order valence-corrected chi connectivity index (χ3v) is 5.17. The number of aliphatic carboxylic acids is 1. The molecule has 0 aromatic carbocycles. The number of nitro groups is 2. The molecule has 1 aromatic heterocycles. The molecule has 114 valence electrons. The van der Waals surface area contributed by atoms with Crippen molar-refractivity contribution in [2.24, 2.45) is 0 Å². The lowest BCUT2D eigenvalue weighted by Gasteiger charge is -2.36. The molecular weight excluding hydrogens is 300 g/mol. The van der Waals surface area contributed by atoms with Crippen molar-refractivity contribution < 1.29 is 19.7 Å². The van der Waals surface area contributed by atoms with E-state index in [1.54, 1.807) is 0 Å². The molecule has 2 rings (SSSR count). The van der Waals surface area contributed by atoms with Crippen molar-refractivity contribution in [3.63, 3.8) is 0 Å². The fourth-order valence-electron chi connectivity index (χ4n) is 2.96. The fraction of sp³-hybridized carbons (Fsp3) is 0.583. The van der Waals surface area contributed by atoms with E-state index in [-0.39, 0.29) is 22.0 Å². The minimum absolute atomic E-state index is 0.197. The van der Waals surface area contributed by atoms with Crippen LogP contribution in [0.2, 0.25) is 0 Å². The molecule has 1 aromatic rings. The zero-order valence-electron chi connectivity index (χ0n) is 11.1. The van der Waals surface area contributed by atoms with E-state index in [9.17, 15) is 30.1 Å². The zero-order chi connectivity index (χ0) is 15.6. The monoisotopic (exact) mass is 313 g/mol. The summed E-state index contributed by atoms with van der Waals surface area (Å²) in [4.78, 5) is 31.9. The van der Waals surface area contributed by atoms with Crippen LogP contribution in [-0.4, -0.2) is 15.8 Å². The Morgan fingerprint density at radius 1 is 1.19 bits per heavy atom. The van der Waals surface area contributed by atoms with Crippen LogP contribution >= 0.6 is 11.3 Å². The number of thiophene rings is 1. The number of rotatable bonds is 5. The van der Waals surface area contributed by atoms with Crippen LogP contribution in [-0.2, 0) is 10.2 Å². The molecule has 1 aliphatic carbocycles. The van der Waals surface area contributed by atoms with Crippen molar-refractivity contribution in [3.8, 4) is 0 Å². The predicted octanol–water partition coefficient (Wildman–Crippen LogP) is 1.91. The molecular formula is C12H13N2O6S-. The van der Waals surface area contributed by atoms with Gasteiger partial charge in [0.1, 0.15) is 6.07 Å². The predicted molar refractivity (Wildman–Crippen MR) is 72.0 cm³/mol. The topological polar surface area (TPSA) is 126 Å². The Morgan fingerprint density at radius 2 is 1.81 bits per heavy atom. The summed E-state index contributed by atoms with van der Waals surface area (Å²) in [5.74, 6) is -1.29. The normalized spacial score (nSPS) is 17.3. The SMILES string of the molecule is O=C([O-])CC1(c2sc([N+](=O)[O-])cc2[N+](=O)[O-])CCCCC1. The maximum atomic E-state index is 11.2. The summed E-state index contributed by atoms with van der Waals surface area (Å²) in [6, 6.07) is 0.922. The van der Waals surface area contributed by atoms with Crippen molar-refractivity contribution in [1.29, 1.82) is 0 Å². The minimum atomic E-state index is -1.29. The van der Waals surface area contributed by atoms with E-state index >= 15 is 0 Å². The van der Waals surface area contributed by atoms with Gasteiger partial charge >= 0.3 is 5.00 Å². The van der Waals surface area contributed by atoms with E-state index < -0.39 is 21.2 Å². The van der Waals surface area contributed by atoms with Gasteiger partial charge in [-0.1, -0.05) is 30.6 Å². The van der Waals surface area contributed by atoms with Gasteiger partial charge in [-0.05, 0) is 19.3 Å². The first-order valence-electron chi connectivity index (χ1n) is 6.49. The number of carboxylic acid groups (broad SMARTS) is 1. The van der Waals surface area contributed by atoms with E-state index in [2.05, 4.69) is 0 Å². The highest BCUT2D eigenvalue weighted by molar-refractivity contribution is 7.16. The molecule has 1 aliphatic rings. The first kappa shape index (κ1) is 15.4. The summed E-state index contributed by atoms with van der Waals surface area (Å²) < 4.78 is 0. The molecule has 0 saturated heterocycles. The molecule has 0 spiro atoms. The van der Waals surface area contributed by atoms with Crippen LogP contribution in [0.5, 0.6) is 0 Å². The third-order valence-electron chi connectivity index (χ3n) is 3.85. The van der Waals surface area contributed by atoms with Crippen molar-refractivity contribution in [2.75, 3.05) is 0 Å². The van der Waals surface area contributed by atoms with Crippen LogP contribution in [0.4, 0.5) is 10.7 Å². The highest BCUT2D eigenvalue weighted by Crippen LogP contribution is 2.50.